The molecule has 1 unspecified atom stereocenters. The van der Waals surface area contributed by atoms with Crippen LogP contribution in [0.25, 0.3) is 0 Å². The van der Waals surface area contributed by atoms with Gasteiger partial charge in [0.05, 0.1) is 0 Å². The maximum Gasteiger partial charge on any atom is 0.320 e. The maximum absolute atomic E-state index is 13.0. The van der Waals surface area contributed by atoms with Gasteiger partial charge in [0.1, 0.15) is 6.04 Å². The molecule has 1 rings (SSSR count). The van der Waals surface area contributed by atoms with Crippen molar-refractivity contribution in [2.45, 2.75) is 19.4 Å². The van der Waals surface area contributed by atoms with Crippen molar-refractivity contribution in [3.8, 4) is 5.75 Å². The highest BCUT2D eigenvalue weighted by Gasteiger charge is 2.17. The Bertz CT molecular complexity index is 392. The molecule has 5 heteroatoms. The van der Waals surface area contributed by atoms with Crippen LogP contribution in [0, 0.1) is 12.7 Å². The fourth-order valence-electron chi connectivity index (χ4n) is 1.27. The molecule has 0 saturated carbocycles. The predicted molar refractivity (Wildman–Crippen MR) is 52.1 cm³/mol. The molecular formula is C10H12FNO3. The van der Waals surface area contributed by atoms with Gasteiger partial charge in [0.15, 0.2) is 11.6 Å². The lowest BCUT2D eigenvalue weighted by atomic mass is 10.00. The summed E-state index contributed by atoms with van der Waals surface area (Å²) in [6.07, 6.45) is -0.0925. The Kier molecular flexibility index (Phi) is 3.26. The second-order valence-electron chi connectivity index (χ2n) is 3.34. The fourth-order valence-corrected chi connectivity index (χ4v) is 1.27. The van der Waals surface area contributed by atoms with Crippen LogP contribution in [-0.4, -0.2) is 22.2 Å². The van der Waals surface area contributed by atoms with Crippen LogP contribution in [0.3, 0.4) is 0 Å². The van der Waals surface area contributed by atoms with Crippen LogP contribution in [0.1, 0.15) is 11.1 Å². The lowest BCUT2D eigenvalue weighted by Gasteiger charge is -2.11. The third-order valence-corrected chi connectivity index (χ3v) is 2.21. The van der Waals surface area contributed by atoms with Gasteiger partial charge >= 0.3 is 5.97 Å². The van der Waals surface area contributed by atoms with Gasteiger partial charge < -0.3 is 15.9 Å². The summed E-state index contributed by atoms with van der Waals surface area (Å²) < 4.78 is 13.0. The number of benzene rings is 1. The number of phenolic OH excluding ortho intramolecular Hbond substituents is 1. The first-order chi connectivity index (χ1) is 6.93. The van der Waals surface area contributed by atoms with Crippen LogP contribution < -0.4 is 5.73 Å². The molecule has 4 N–H and O–H groups in total. The summed E-state index contributed by atoms with van der Waals surface area (Å²) in [7, 11) is 0. The Labute approximate surface area is 86.1 Å². The molecule has 15 heavy (non-hydrogen) atoms. The quantitative estimate of drug-likeness (QED) is 0.693. The van der Waals surface area contributed by atoms with Crippen molar-refractivity contribution in [2.24, 2.45) is 5.73 Å². The van der Waals surface area contributed by atoms with Crippen molar-refractivity contribution in [3.05, 3.63) is 29.1 Å². The summed E-state index contributed by atoms with van der Waals surface area (Å²) in [5, 5.41) is 18.0. The Morgan fingerprint density at radius 3 is 2.73 bits per heavy atom. The molecule has 0 aliphatic rings. The van der Waals surface area contributed by atoms with E-state index < -0.39 is 23.6 Å². The van der Waals surface area contributed by atoms with Crippen LogP contribution in [0.5, 0.6) is 5.75 Å². The molecule has 0 radical (unpaired) electrons. The van der Waals surface area contributed by atoms with Crippen LogP contribution in [0.4, 0.5) is 4.39 Å². The van der Waals surface area contributed by atoms with E-state index in [9.17, 15) is 14.3 Å². The number of aliphatic carboxylic acids is 1. The molecule has 82 valence electrons. The number of hydrogen-bond acceptors (Lipinski definition) is 3. The summed E-state index contributed by atoms with van der Waals surface area (Å²) in [6.45, 7) is 1.66. The molecule has 0 bridgehead atoms. The molecule has 0 fully saturated rings. The smallest absolute Gasteiger partial charge is 0.320 e. The molecule has 1 aromatic carbocycles. The molecule has 1 atom stereocenters. The van der Waals surface area contributed by atoms with E-state index in [2.05, 4.69) is 0 Å². The molecule has 0 aliphatic carbocycles. The van der Waals surface area contributed by atoms with Gasteiger partial charge in [-0.1, -0.05) is 6.07 Å². The van der Waals surface area contributed by atoms with Crippen LogP contribution in [0.15, 0.2) is 12.1 Å². The molecule has 0 aliphatic heterocycles. The Morgan fingerprint density at radius 2 is 2.20 bits per heavy atom. The van der Waals surface area contributed by atoms with Crippen LogP contribution in [-0.2, 0) is 11.2 Å². The Balaban J connectivity index is 3.03. The van der Waals surface area contributed by atoms with Crippen molar-refractivity contribution in [1.29, 1.82) is 0 Å². The van der Waals surface area contributed by atoms with Gasteiger partial charge in [0.25, 0.3) is 0 Å². The van der Waals surface area contributed by atoms with E-state index in [1.807, 2.05) is 0 Å². The number of hydrogen-bond donors (Lipinski definition) is 3. The van der Waals surface area contributed by atoms with Gasteiger partial charge in [-0.3, -0.25) is 4.79 Å². The highest BCUT2D eigenvalue weighted by Crippen LogP contribution is 2.25. The number of phenols is 1. The predicted octanol–water partition coefficient (Wildman–Crippen LogP) is 0.794. The van der Waals surface area contributed by atoms with Crippen molar-refractivity contribution >= 4 is 5.97 Å². The van der Waals surface area contributed by atoms with Gasteiger partial charge in [-0.2, -0.15) is 0 Å². The minimum Gasteiger partial charge on any atom is -0.505 e. The standard InChI is InChI=1S/C10H12FNO3/c1-5-2-3-7(11)9(13)6(5)4-8(12)10(14)15/h2-3,8,13H,4,12H2,1H3,(H,14,15). The summed E-state index contributed by atoms with van der Waals surface area (Å²) in [4.78, 5) is 10.5. The van der Waals surface area contributed by atoms with Gasteiger partial charge in [-0.05, 0) is 18.6 Å². The summed E-state index contributed by atoms with van der Waals surface area (Å²) in [5.74, 6) is -2.47. The molecular weight excluding hydrogens is 201 g/mol. The van der Waals surface area contributed by atoms with Crippen molar-refractivity contribution in [2.75, 3.05) is 0 Å². The van der Waals surface area contributed by atoms with Gasteiger partial charge in [-0.15, -0.1) is 0 Å². The Morgan fingerprint density at radius 1 is 1.60 bits per heavy atom. The van der Waals surface area contributed by atoms with Crippen LogP contribution >= 0.6 is 0 Å². The van der Waals surface area contributed by atoms with Crippen molar-refractivity contribution in [1.82, 2.24) is 0 Å². The minimum atomic E-state index is -1.18. The molecule has 0 amide bonds. The zero-order valence-corrected chi connectivity index (χ0v) is 8.20. The topological polar surface area (TPSA) is 83.5 Å². The van der Waals surface area contributed by atoms with Gasteiger partial charge in [0, 0.05) is 12.0 Å². The molecule has 0 spiro atoms. The lowest BCUT2D eigenvalue weighted by Crippen LogP contribution is -2.32. The monoisotopic (exact) mass is 213 g/mol. The molecule has 0 saturated heterocycles. The third-order valence-electron chi connectivity index (χ3n) is 2.21. The zero-order valence-electron chi connectivity index (χ0n) is 8.20. The van der Waals surface area contributed by atoms with Crippen molar-refractivity contribution < 1.29 is 19.4 Å². The average molecular weight is 213 g/mol. The van der Waals surface area contributed by atoms with E-state index in [1.165, 1.54) is 6.07 Å². The van der Waals surface area contributed by atoms with Crippen LogP contribution in [0.2, 0.25) is 0 Å². The second kappa shape index (κ2) is 4.27. The number of rotatable bonds is 3. The van der Waals surface area contributed by atoms with E-state index in [0.717, 1.165) is 6.07 Å². The van der Waals surface area contributed by atoms with E-state index in [4.69, 9.17) is 10.8 Å². The number of aromatic hydroxyl groups is 1. The van der Waals surface area contributed by atoms with E-state index in [0.29, 0.717) is 5.56 Å². The number of carbonyl (C=O) groups is 1. The number of carboxylic acid groups (broad SMARTS) is 1. The fraction of sp³-hybridized carbons (Fsp3) is 0.300. The van der Waals surface area contributed by atoms with Gasteiger partial charge in [0.2, 0.25) is 0 Å². The number of aryl methyl sites for hydroxylation is 1. The molecule has 0 aromatic heterocycles. The SMILES string of the molecule is Cc1ccc(F)c(O)c1CC(N)C(=O)O. The minimum absolute atomic E-state index is 0.0925. The van der Waals surface area contributed by atoms with E-state index in [-0.39, 0.29) is 12.0 Å². The maximum atomic E-state index is 13.0. The first-order valence-corrected chi connectivity index (χ1v) is 4.38. The Hall–Kier alpha value is -1.62. The normalized spacial score (nSPS) is 12.5. The molecule has 1 aromatic rings. The summed E-state index contributed by atoms with van der Waals surface area (Å²) in [5.41, 5.74) is 6.16. The summed E-state index contributed by atoms with van der Waals surface area (Å²) >= 11 is 0. The van der Waals surface area contributed by atoms with Crippen molar-refractivity contribution in [3.63, 3.8) is 0 Å². The largest absolute Gasteiger partial charge is 0.505 e. The lowest BCUT2D eigenvalue weighted by molar-refractivity contribution is -0.138. The van der Waals surface area contributed by atoms with Gasteiger partial charge in [-0.25, -0.2) is 4.39 Å². The highest BCUT2D eigenvalue weighted by atomic mass is 19.1. The number of halogens is 1. The average Bonchev–Trinajstić information content (AvgIpc) is 2.18. The first kappa shape index (κ1) is 11.5. The third kappa shape index (κ3) is 2.44. The van der Waals surface area contributed by atoms with E-state index in [1.54, 1.807) is 6.92 Å². The first-order valence-electron chi connectivity index (χ1n) is 4.38. The summed E-state index contributed by atoms with van der Waals surface area (Å²) in [6, 6.07) is 1.45. The second-order valence-corrected chi connectivity index (χ2v) is 3.34. The van der Waals surface area contributed by atoms with E-state index >= 15 is 0 Å². The number of carboxylic acids is 1. The number of nitrogens with two attached hydrogens (primary N) is 1. The highest BCUT2D eigenvalue weighted by molar-refractivity contribution is 5.73. The molecule has 4 nitrogen and oxygen atoms in total. The zero-order chi connectivity index (χ0) is 11.6. The molecule has 0 heterocycles.